The Labute approximate surface area is 142 Å². The highest BCUT2D eigenvalue weighted by atomic mass is 32.2. The van der Waals surface area contributed by atoms with Crippen LogP contribution in [-0.4, -0.2) is 24.0 Å². The predicted molar refractivity (Wildman–Crippen MR) is 97.2 cm³/mol. The zero-order valence-electron chi connectivity index (χ0n) is 12.0. The van der Waals surface area contributed by atoms with Crippen molar-refractivity contribution in [1.82, 2.24) is 0 Å². The first kappa shape index (κ1) is 15.8. The van der Waals surface area contributed by atoms with Crippen molar-refractivity contribution in [3.63, 3.8) is 0 Å². The number of amides is 1. The Morgan fingerprint density at radius 1 is 1.18 bits per heavy atom. The molecule has 0 aliphatic carbocycles. The number of hydrogen-bond acceptors (Lipinski definition) is 5. The number of thioether (sulfide) groups is 2. The lowest BCUT2D eigenvalue weighted by Crippen LogP contribution is -2.19. The fraction of sp³-hybridized carbons (Fsp3) is 0.312. The molecule has 1 saturated heterocycles. The third-order valence-corrected chi connectivity index (χ3v) is 6.85. The van der Waals surface area contributed by atoms with Crippen LogP contribution in [0.3, 0.4) is 0 Å². The number of benzene rings is 1. The Kier molecular flexibility index (Phi) is 5.70. The van der Waals surface area contributed by atoms with Crippen LogP contribution in [0.2, 0.25) is 0 Å². The highest BCUT2D eigenvalue weighted by molar-refractivity contribution is 8.16. The largest absolute Gasteiger partial charge is 0.484 e. The number of hydrogen-bond donors (Lipinski definition) is 1. The SMILES string of the molecule is O=C(COc1ccc(C2SCCCS2)cc1)Nc1ccsc1. The molecule has 0 unspecified atom stereocenters. The van der Waals surface area contributed by atoms with E-state index < -0.39 is 0 Å². The van der Waals surface area contributed by atoms with Crippen molar-refractivity contribution in [2.24, 2.45) is 0 Å². The molecule has 1 N–H and O–H groups in total. The highest BCUT2D eigenvalue weighted by Gasteiger charge is 2.16. The van der Waals surface area contributed by atoms with Gasteiger partial charge >= 0.3 is 0 Å². The first-order valence-electron chi connectivity index (χ1n) is 7.09. The van der Waals surface area contributed by atoms with Gasteiger partial charge < -0.3 is 10.1 Å². The second-order valence-corrected chi connectivity index (χ2v) is 8.35. The van der Waals surface area contributed by atoms with Gasteiger partial charge in [0.1, 0.15) is 5.75 Å². The molecule has 1 aromatic heterocycles. The number of carbonyl (C=O) groups is 1. The molecule has 0 bridgehead atoms. The fourth-order valence-corrected chi connectivity index (χ4v) is 5.57. The molecule has 1 aromatic carbocycles. The number of carbonyl (C=O) groups excluding carboxylic acids is 1. The van der Waals surface area contributed by atoms with Crippen molar-refractivity contribution in [1.29, 1.82) is 0 Å². The van der Waals surface area contributed by atoms with Crippen molar-refractivity contribution >= 4 is 46.5 Å². The first-order chi connectivity index (χ1) is 10.8. The summed E-state index contributed by atoms with van der Waals surface area (Å²) in [7, 11) is 0. The van der Waals surface area contributed by atoms with E-state index in [2.05, 4.69) is 17.4 Å². The summed E-state index contributed by atoms with van der Waals surface area (Å²) in [5.74, 6) is 3.06. The van der Waals surface area contributed by atoms with Crippen LogP contribution >= 0.6 is 34.9 Å². The second kappa shape index (κ2) is 7.94. The van der Waals surface area contributed by atoms with E-state index >= 15 is 0 Å². The number of rotatable bonds is 5. The van der Waals surface area contributed by atoms with Crippen molar-refractivity contribution in [3.05, 3.63) is 46.7 Å². The smallest absolute Gasteiger partial charge is 0.262 e. The van der Waals surface area contributed by atoms with Crippen molar-refractivity contribution < 1.29 is 9.53 Å². The Balaban J connectivity index is 1.49. The van der Waals surface area contributed by atoms with Crippen LogP contribution < -0.4 is 10.1 Å². The molecule has 116 valence electrons. The minimum Gasteiger partial charge on any atom is -0.484 e. The van der Waals surface area contributed by atoms with Crippen LogP contribution in [-0.2, 0) is 4.79 Å². The third kappa shape index (κ3) is 4.44. The molecule has 3 rings (SSSR count). The second-order valence-electron chi connectivity index (χ2n) is 4.84. The molecule has 0 radical (unpaired) electrons. The van der Waals surface area contributed by atoms with E-state index in [9.17, 15) is 4.79 Å². The average Bonchev–Trinajstić information content (AvgIpc) is 3.07. The molecule has 1 aliphatic rings. The normalized spacial score (nSPS) is 15.5. The molecule has 22 heavy (non-hydrogen) atoms. The molecule has 1 fully saturated rings. The molecule has 0 atom stereocenters. The number of nitrogens with one attached hydrogen (secondary N) is 1. The van der Waals surface area contributed by atoms with Gasteiger partial charge in [0.05, 0.1) is 10.3 Å². The van der Waals surface area contributed by atoms with Crippen molar-refractivity contribution in [3.8, 4) is 5.75 Å². The predicted octanol–water partition coefficient (Wildman–Crippen LogP) is 4.63. The lowest BCUT2D eigenvalue weighted by atomic mass is 10.2. The van der Waals surface area contributed by atoms with E-state index in [-0.39, 0.29) is 12.5 Å². The van der Waals surface area contributed by atoms with Crippen LogP contribution in [0, 0.1) is 0 Å². The van der Waals surface area contributed by atoms with Gasteiger partial charge in [0, 0.05) is 5.38 Å². The minimum atomic E-state index is -0.138. The van der Waals surface area contributed by atoms with E-state index in [1.165, 1.54) is 23.5 Å². The maximum atomic E-state index is 11.8. The third-order valence-electron chi connectivity index (χ3n) is 3.15. The van der Waals surface area contributed by atoms with Gasteiger partial charge in [-0.15, -0.1) is 23.5 Å². The molecular formula is C16H17NO2S3. The lowest BCUT2D eigenvalue weighted by Gasteiger charge is -2.21. The average molecular weight is 352 g/mol. The first-order valence-corrected chi connectivity index (χ1v) is 10.1. The number of anilines is 1. The summed E-state index contributed by atoms with van der Waals surface area (Å²) in [6.45, 7) is 0.0299. The van der Waals surface area contributed by atoms with Gasteiger partial charge in [-0.05, 0) is 47.1 Å². The summed E-state index contributed by atoms with van der Waals surface area (Å²) in [6, 6.07) is 9.97. The van der Waals surface area contributed by atoms with E-state index in [0.29, 0.717) is 4.58 Å². The number of thiophene rings is 1. The summed E-state index contributed by atoms with van der Waals surface area (Å²) in [5, 5.41) is 6.62. The van der Waals surface area contributed by atoms with Gasteiger partial charge in [-0.2, -0.15) is 11.3 Å². The van der Waals surface area contributed by atoms with Gasteiger partial charge in [-0.25, -0.2) is 0 Å². The Morgan fingerprint density at radius 3 is 2.64 bits per heavy atom. The summed E-state index contributed by atoms with van der Waals surface area (Å²) < 4.78 is 6.07. The standard InChI is InChI=1S/C16H17NO2S3/c18-15(17-13-6-9-20-11-13)10-19-14-4-2-12(3-5-14)16-21-7-1-8-22-16/h2-6,9,11,16H,1,7-8,10H2,(H,17,18). The van der Waals surface area contributed by atoms with Gasteiger partial charge in [0.2, 0.25) is 0 Å². The summed E-state index contributed by atoms with van der Waals surface area (Å²) in [6.07, 6.45) is 1.30. The van der Waals surface area contributed by atoms with Gasteiger partial charge in [-0.1, -0.05) is 12.1 Å². The molecule has 6 heteroatoms. The van der Waals surface area contributed by atoms with Crippen LogP contribution in [0.4, 0.5) is 5.69 Å². The number of ether oxygens (including phenoxy) is 1. The van der Waals surface area contributed by atoms with Gasteiger partial charge in [0.25, 0.3) is 5.91 Å². The maximum Gasteiger partial charge on any atom is 0.262 e. The summed E-state index contributed by atoms with van der Waals surface area (Å²) in [4.78, 5) is 11.8. The summed E-state index contributed by atoms with van der Waals surface area (Å²) in [5.41, 5.74) is 2.14. The molecule has 0 spiro atoms. The molecule has 0 saturated carbocycles. The van der Waals surface area contributed by atoms with E-state index in [1.54, 1.807) is 11.3 Å². The van der Waals surface area contributed by atoms with E-state index in [4.69, 9.17) is 4.74 Å². The molecule has 2 heterocycles. The van der Waals surface area contributed by atoms with Crippen LogP contribution in [0.25, 0.3) is 0 Å². The van der Waals surface area contributed by atoms with E-state index in [1.807, 2.05) is 52.5 Å². The van der Waals surface area contributed by atoms with Crippen LogP contribution in [0.1, 0.15) is 16.6 Å². The molecular weight excluding hydrogens is 334 g/mol. The van der Waals surface area contributed by atoms with Crippen molar-refractivity contribution in [2.45, 2.75) is 11.0 Å². The zero-order valence-corrected chi connectivity index (χ0v) is 14.4. The maximum absolute atomic E-state index is 11.8. The fourth-order valence-electron chi connectivity index (χ4n) is 2.08. The molecule has 2 aromatic rings. The monoisotopic (exact) mass is 351 g/mol. The highest BCUT2D eigenvalue weighted by Crippen LogP contribution is 2.43. The van der Waals surface area contributed by atoms with Crippen molar-refractivity contribution in [2.75, 3.05) is 23.4 Å². The molecule has 1 aliphatic heterocycles. The summed E-state index contributed by atoms with van der Waals surface area (Å²) >= 11 is 5.55. The molecule has 3 nitrogen and oxygen atoms in total. The van der Waals surface area contributed by atoms with Crippen LogP contribution in [0.5, 0.6) is 5.75 Å². The van der Waals surface area contributed by atoms with Gasteiger partial charge in [-0.3, -0.25) is 4.79 Å². The van der Waals surface area contributed by atoms with Gasteiger partial charge in [0.15, 0.2) is 6.61 Å². The molecule has 1 amide bonds. The van der Waals surface area contributed by atoms with Crippen LogP contribution in [0.15, 0.2) is 41.1 Å². The zero-order chi connectivity index (χ0) is 15.2. The minimum absolute atomic E-state index is 0.0299. The Morgan fingerprint density at radius 2 is 1.95 bits per heavy atom. The van der Waals surface area contributed by atoms with E-state index in [0.717, 1.165) is 11.4 Å². The topological polar surface area (TPSA) is 38.3 Å². The Hall–Kier alpha value is -1.11. The Bertz CT molecular complexity index is 592. The lowest BCUT2D eigenvalue weighted by molar-refractivity contribution is -0.118. The quantitative estimate of drug-likeness (QED) is 0.852.